The zero-order valence-electron chi connectivity index (χ0n) is 17.5. The molecule has 1 aliphatic carbocycles. The SMILES string of the molecule is CC1CCN(c2nc(C(F)(F)F)ccc2CNC(=O)NC2Cc3ccccc3C2)CC1. The molecule has 2 heterocycles. The molecule has 2 aromatic rings. The van der Waals surface area contributed by atoms with Gasteiger partial charge in [-0.3, -0.25) is 0 Å². The van der Waals surface area contributed by atoms with Crippen LogP contribution in [0, 0.1) is 5.92 Å². The third-order valence-electron chi connectivity index (χ3n) is 6.16. The Morgan fingerprint density at radius 3 is 2.35 bits per heavy atom. The van der Waals surface area contributed by atoms with Gasteiger partial charge in [-0.15, -0.1) is 0 Å². The Morgan fingerprint density at radius 2 is 1.74 bits per heavy atom. The molecule has 0 saturated carbocycles. The molecule has 31 heavy (non-hydrogen) atoms. The molecule has 1 fully saturated rings. The Kier molecular flexibility index (Phi) is 6.07. The fourth-order valence-corrected chi connectivity index (χ4v) is 4.34. The normalized spacial score (nSPS) is 17.5. The Labute approximate surface area is 180 Å². The van der Waals surface area contributed by atoms with Gasteiger partial charge in [0.05, 0.1) is 0 Å². The number of anilines is 1. The van der Waals surface area contributed by atoms with Gasteiger partial charge in [-0.1, -0.05) is 37.3 Å². The van der Waals surface area contributed by atoms with E-state index in [1.165, 1.54) is 17.2 Å². The summed E-state index contributed by atoms with van der Waals surface area (Å²) in [6.07, 6.45) is -1.12. The van der Waals surface area contributed by atoms with Crippen LogP contribution in [-0.4, -0.2) is 30.1 Å². The van der Waals surface area contributed by atoms with E-state index in [-0.39, 0.29) is 18.6 Å². The first-order valence-corrected chi connectivity index (χ1v) is 10.7. The van der Waals surface area contributed by atoms with Crippen molar-refractivity contribution in [2.45, 2.75) is 51.4 Å². The molecule has 5 nitrogen and oxygen atoms in total. The Hall–Kier alpha value is -2.77. The Balaban J connectivity index is 1.42. The molecule has 2 aliphatic rings. The first-order chi connectivity index (χ1) is 14.8. The first kappa shape index (κ1) is 21.5. The number of nitrogens with one attached hydrogen (secondary N) is 2. The summed E-state index contributed by atoms with van der Waals surface area (Å²) in [4.78, 5) is 18.3. The molecule has 0 spiro atoms. The zero-order chi connectivity index (χ0) is 22.0. The van der Waals surface area contributed by atoms with E-state index in [4.69, 9.17) is 0 Å². The van der Waals surface area contributed by atoms with Gasteiger partial charge < -0.3 is 15.5 Å². The topological polar surface area (TPSA) is 57.3 Å². The molecule has 0 bridgehead atoms. The Bertz CT molecular complexity index is 914. The van der Waals surface area contributed by atoms with Crippen molar-refractivity contribution < 1.29 is 18.0 Å². The largest absolute Gasteiger partial charge is 0.433 e. The number of piperidine rings is 1. The minimum absolute atomic E-state index is 0.0196. The quantitative estimate of drug-likeness (QED) is 0.757. The van der Waals surface area contributed by atoms with Gasteiger partial charge in [0, 0.05) is 31.2 Å². The number of rotatable bonds is 4. The molecule has 8 heteroatoms. The number of urea groups is 1. The predicted octanol–water partition coefficient (Wildman–Crippen LogP) is 4.30. The summed E-state index contributed by atoms with van der Waals surface area (Å²) in [6.45, 7) is 3.59. The minimum atomic E-state index is -4.50. The second-order valence-corrected chi connectivity index (χ2v) is 8.55. The number of benzene rings is 1. The summed E-state index contributed by atoms with van der Waals surface area (Å²) in [5.41, 5.74) is 2.16. The summed E-state index contributed by atoms with van der Waals surface area (Å²) >= 11 is 0. The molecule has 1 aromatic carbocycles. The highest BCUT2D eigenvalue weighted by Crippen LogP contribution is 2.32. The van der Waals surface area contributed by atoms with Crippen LogP contribution in [0.4, 0.5) is 23.8 Å². The van der Waals surface area contributed by atoms with E-state index in [2.05, 4.69) is 34.7 Å². The van der Waals surface area contributed by atoms with E-state index < -0.39 is 11.9 Å². The highest BCUT2D eigenvalue weighted by atomic mass is 19.4. The first-order valence-electron chi connectivity index (χ1n) is 10.7. The van der Waals surface area contributed by atoms with Crippen molar-refractivity contribution >= 4 is 11.8 Å². The number of halogens is 3. The number of fused-ring (bicyclic) bond motifs is 1. The van der Waals surface area contributed by atoms with Crippen molar-refractivity contribution in [2.75, 3.05) is 18.0 Å². The second kappa shape index (κ2) is 8.77. The molecule has 1 aliphatic heterocycles. The van der Waals surface area contributed by atoms with E-state index in [0.29, 0.717) is 30.4 Å². The molecule has 2 amide bonds. The molecular weight excluding hydrogens is 405 g/mol. The fourth-order valence-electron chi connectivity index (χ4n) is 4.34. The van der Waals surface area contributed by atoms with Crippen LogP contribution >= 0.6 is 0 Å². The number of nitrogens with zero attached hydrogens (tertiary/aromatic N) is 2. The number of aromatic nitrogens is 1. The number of carbonyl (C=O) groups is 1. The summed E-state index contributed by atoms with van der Waals surface area (Å²) in [7, 11) is 0. The molecule has 166 valence electrons. The van der Waals surface area contributed by atoms with Gasteiger partial charge in [-0.2, -0.15) is 13.2 Å². The highest BCUT2D eigenvalue weighted by molar-refractivity contribution is 5.74. The maximum absolute atomic E-state index is 13.2. The van der Waals surface area contributed by atoms with Crippen molar-refractivity contribution in [3.8, 4) is 0 Å². The lowest BCUT2D eigenvalue weighted by molar-refractivity contribution is -0.141. The number of carbonyl (C=O) groups excluding carboxylic acids is 1. The number of amides is 2. The van der Waals surface area contributed by atoms with E-state index in [9.17, 15) is 18.0 Å². The number of hydrogen-bond donors (Lipinski definition) is 2. The smallest absolute Gasteiger partial charge is 0.356 e. The van der Waals surface area contributed by atoms with Crippen LogP contribution < -0.4 is 15.5 Å². The van der Waals surface area contributed by atoms with E-state index in [1.54, 1.807) is 0 Å². The summed E-state index contributed by atoms with van der Waals surface area (Å²) < 4.78 is 39.7. The van der Waals surface area contributed by atoms with Gasteiger partial charge in [0.1, 0.15) is 11.5 Å². The van der Waals surface area contributed by atoms with Crippen molar-refractivity contribution in [1.29, 1.82) is 0 Å². The van der Waals surface area contributed by atoms with Crippen molar-refractivity contribution in [3.05, 3.63) is 58.8 Å². The monoisotopic (exact) mass is 432 g/mol. The van der Waals surface area contributed by atoms with Crippen LogP contribution in [-0.2, 0) is 25.6 Å². The van der Waals surface area contributed by atoms with Gasteiger partial charge in [0.15, 0.2) is 0 Å². The molecule has 1 aromatic heterocycles. The third kappa shape index (κ3) is 5.11. The van der Waals surface area contributed by atoms with Gasteiger partial charge >= 0.3 is 12.2 Å². The average Bonchev–Trinajstić information content (AvgIpc) is 3.14. The lowest BCUT2D eigenvalue weighted by Crippen LogP contribution is -2.42. The van der Waals surface area contributed by atoms with Crippen LogP contribution in [0.3, 0.4) is 0 Å². The predicted molar refractivity (Wildman–Crippen MR) is 113 cm³/mol. The molecule has 0 atom stereocenters. The molecule has 1 saturated heterocycles. The van der Waals surface area contributed by atoms with Gasteiger partial charge in [-0.25, -0.2) is 9.78 Å². The highest BCUT2D eigenvalue weighted by Gasteiger charge is 2.34. The Morgan fingerprint density at radius 1 is 1.10 bits per heavy atom. The molecule has 0 radical (unpaired) electrons. The van der Waals surface area contributed by atoms with E-state index >= 15 is 0 Å². The lowest BCUT2D eigenvalue weighted by Gasteiger charge is -2.33. The van der Waals surface area contributed by atoms with Crippen LogP contribution in [0.15, 0.2) is 36.4 Å². The van der Waals surface area contributed by atoms with Crippen LogP contribution in [0.25, 0.3) is 0 Å². The van der Waals surface area contributed by atoms with Gasteiger partial charge in [-0.05, 0) is 48.8 Å². The van der Waals surface area contributed by atoms with Crippen molar-refractivity contribution in [2.24, 2.45) is 5.92 Å². The lowest BCUT2D eigenvalue weighted by atomic mass is 9.99. The minimum Gasteiger partial charge on any atom is -0.356 e. The molecular formula is C23H27F3N4O. The maximum atomic E-state index is 13.2. The van der Waals surface area contributed by atoms with E-state index in [0.717, 1.165) is 31.7 Å². The van der Waals surface area contributed by atoms with Crippen LogP contribution in [0.5, 0.6) is 0 Å². The number of pyridine rings is 1. The number of hydrogen-bond acceptors (Lipinski definition) is 3. The van der Waals surface area contributed by atoms with Gasteiger partial charge in [0.2, 0.25) is 0 Å². The van der Waals surface area contributed by atoms with Crippen molar-refractivity contribution in [1.82, 2.24) is 15.6 Å². The number of alkyl halides is 3. The second-order valence-electron chi connectivity index (χ2n) is 8.55. The fraction of sp³-hybridized carbons (Fsp3) is 0.478. The van der Waals surface area contributed by atoms with Crippen molar-refractivity contribution in [3.63, 3.8) is 0 Å². The standard InChI is InChI=1S/C23H27F3N4O/c1-15-8-10-30(11-9-15)21-18(6-7-20(29-21)23(24,25)26)14-27-22(31)28-19-12-16-4-2-3-5-17(16)13-19/h2-7,15,19H,8-14H2,1H3,(H2,27,28,31). The van der Waals surface area contributed by atoms with Crippen LogP contribution in [0.2, 0.25) is 0 Å². The summed E-state index contributed by atoms with van der Waals surface area (Å²) in [5.74, 6) is 0.861. The van der Waals surface area contributed by atoms with E-state index in [1.807, 2.05) is 17.0 Å². The third-order valence-corrected chi connectivity index (χ3v) is 6.16. The zero-order valence-corrected chi connectivity index (χ0v) is 17.5. The van der Waals surface area contributed by atoms with Crippen LogP contribution in [0.1, 0.15) is 42.1 Å². The maximum Gasteiger partial charge on any atom is 0.433 e. The average molecular weight is 432 g/mol. The molecule has 0 unspecified atom stereocenters. The molecule has 4 rings (SSSR count). The van der Waals surface area contributed by atoms with Gasteiger partial charge in [0.25, 0.3) is 0 Å². The summed E-state index contributed by atoms with van der Waals surface area (Å²) in [5, 5.41) is 5.77. The summed E-state index contributed by atoms with van der Waals surface area (Å²) in [6, 6.07) is 10.2. The molecule has 2 N–H and O–H groups in total.